The van der Waals surface area contributed by atoms with E-state index in [1.807, 2.05) is 0 Å². The number of nitrogens with two attached hydrogens (primary N) is 1. The maximum Gasteiger partial charge on any atom is 0.185 e. The predicted molar refractivity (Wildman–Crippen MR) is 72.9 cm³/mol. The first-order valence-electron chi connectivity index (χ1n) is 6.66. The van der Waals surface area contributed by atoms with Crippen LogP contribution in [0.4, 0.5) is 10.1 Å². The lowest BCUT2D eigenvalue weighted by Gasteiger charge is -2.22. The number of aryl methyl sites for hydroxylation is 1. The standard InChI is InChI=1S/C13H16FN5O2/c1-8-4-9(15)5-11(12(8)14)13-16-17-18-19(13)6-10-7-20-2-3-21-10/h4-5,10H,2-3,6-7,15H2,1H3. The molecule has 1 aromatic carbocycles. The van der Waals surface area contributed by atoms with E-state index in [2.05, 4.69) is 15.5 Å². The average molecular weight is 293 g/mol. The second kappa shape index (κ2) is 5.74. The van der Waals surface area contributed by atoms with Gasteiger partial charge in [-0.1, -0.05) is 0 Å². The Balaban J connectivity index is 1.91. The minimum atomic E-state index is -0.374. The predicted octanol–water partition coefficient (Wildman–Crippen LogP) is 0.785. The summed E-state index contributed by atoms with van der Waals surface area (Å²) in [6, 6.07) is 3.10. The molecule has 2 aromatic rings. The molecule has 7 nitrogen and oxygen atoms in total. The summed E-state index contributed by atoms with van der Waals surface area (Å²) in [6.45, 7) is 3.64. The Bertz CT molecular complexity index is 639. The number of benzene rings is 1. The highest BCUT2D eigenvalue weighted by Crippen LogP contribution is 2.25. The van der Waals surface area contributed by atoms with Crippen LogP contribution in [0.5, 0.6) is 0 Å². The average Bonchev–Trinajstić information content (AvgIpc) is 2.92. The van der Waals surface area contributed by atoms with Crippen molar-refractivity contribution in [2.24, 2.45) is 0 Å². The molecule has 1 saturated heterocycles. The smallest absolute Gasteiger partial charge is 0.185 e. The van der Waals surface area contributed by atoms with Crippen LogP contribution in [0.25, 0.3) is 11.4 Å². The molecule has 1 aliphatic heterocycles. The van der Waals surface area contributed by atoms with Crippen LogP contribution in [0.1, 0.15) is 5.56 Å². The maximum absolute atomic E-state index is 14.3. The molecule has 1 aromatic heterocycles. The van der Waals surface area contributed by atoms with Gasteiger partial charge in [-0.2, -0.15) is 0 Å². The number of hydrogen-bond donors (Lipinski definition) is 1. The van der Waals surface area contributed by atoms with Gasteiger partial charge in [0.25, 0.3) is 0 Å². The summed E-state index contributed by atoms with van der Waals surface area (Å²) in [5, 5.41) is 11.4. The number of nitrogen functional groups attached to an aromatic ring is 1. The van der Waals surface area contributed by atoms with Crippen LogP contribution in [0, 0.1) is 12.7 Å². The summed E-state index contributed by atoms with van der Waals surface area (Å²) < 4.78 is 26.7. The molecule has 3 rings (SSSR count). The van der Waals surface area contributed by atoms with Gasteiger partial charge in [0, 0.05) is 5.69 Å². The van der Waals surface area contributed by atoms with Crippen molar-refractivity contribution in [1.29, 1.82) is 0 Å². The molecule has 1 fully saturated rings. The van der Waals surface area contributed by atoms with Gasteiger partial charge in [0.2, 0.25) is 0 Å². The van der Waals surface area contributed by atoms with E-state index in [-0.39, 0.29) is 17.5 Å². The first kappa shape index (κ1) is 13.9. The topological polar surface area (TPSA) is 88.1 Å². The zero-order valence-corrected chi connectivity index (χ0v) is 11.6. The molecular weight excluding hydrogens is 277 g/mol. The van der Waals surface area contributed by atoms with Crippen molar-refractivity contribution in [2.45, 2.75) is 19.6 Å². The Labute approximate surface area is 120 Å². The van der Waals surface area contributed by atoms with Crippen LogP contribution >= 0.6 is 0 Å². The molecule has 112 valence electrons. The van der Waals surface area contributed by atoms with Crippen molar-refractivity contribution in [3.8, 4) is 11.4 Å². The molecule has 2 heterocycles. The van der Waals surface area contributed by atoms with Gasteiger partial charge < -0.3 is 15.2 Å². The Kier molecular flexibility index (Phi) is 3.80. The molecular formula is C13H16FN5O2. The second-order valence-corrected chi connectivity index (χ2v) is 4.95. The van der Waals surface area contributed by atoms with E-state index in [4.69, 9.17) is 15.2 Å². The highest BCUT2D eigenvalue weighted by Gasteiger charge is 2.21. The quantitative estimate of drug-likeness (QED) is 0.842. The van der Waals surface area contributed by atoms with Crippen LogP contribution in [0.2, 0.25) is 0 Å². The summed E-state index contributed by atoms with van der Waals surface area (Å²) >= 11 is 0. The zero-order valence-electron chi connectivity index (χ0n) is 11.6. The largest absolute Gasteiger partial charge is 0.399 e. The fourth-order valence-corrected chi connectivity index (χ4v) is 2.32. The lowest BCUT2D eigenvalue weighted by molar-refractivity contribution is -0.0946. The number of ether oxygens (including phenoxy) is 2. The molecule has 0 spiro atoms. The Hall–Kier alpha value is -2.06. The van der Waals surface area contributed by atoms with Crippen LogP contribution in [-0.2, 0) is 16.0 Å². The highest BCUT2D eigenvalue weighted by atomic mass is 19.1. The normalized spacial score (nSPS) is 18.9. The van der Waals surface area contributed by atoms with Gasteiger partial charge in [-0.05, 0) is 35.0 Å². The minimum Gasteiger partial charge on any atom is -0.399 e. The molecule has 0 bridgehead atoms. The van der Waals surface area contributed by atoms with Gasteiger partial charge in [-0.3, -0.25) is 0 Å². The number of anilines is 1. The van der Waals surface area contributed by atoms with E-state index < -0.39 is 0 Å². The summed E-state index contributed by atoms with van der Waals surface area (Å²) in [4.78, 5) is 0. The molecule has 0 aliphatic carbocycles. The van der Waals surface area contributed by atoms with E-state index in [0.29, 0.717) is 43.4 Å². The van der Waals surface area contributed by atoms with E-state index in [9.17, 15) is 4.39 Å². The Morgan fingerprint density at radius 3 is 3.05 bits per heavy atom. The molecule has 0 amide bonds. The molecule has 0 saturated carbocycles. The molecule has 1 unspecified atom stereocenters. The van der Waals surface area contributed by atoms with Gasteiger partial charge in [0.05, 0.1) is 31.9 Å². The SMILES string of the molecule is Cc1cc(N)cc(-c2nnnn2CC2COCCO2)c1F. The van der Waals surface area contributed by atoms with Gasteiger partial charge in [0.1, 0.15) is 11.9 Å². The summed E-state index contributed by atoms with van der Waals surface area (Å²) in [5.41, 5.74) is 6.99. The molecule has 1 atom stereocenters. The highest BCUT2D eigenvalue weighted by molar-refractivity contribution is 5.63. The maximum atomic E-state index is 14.3. The Morgan fingerprint density at radius 2 is 2.29 bits per heavy atom. The number of nitrogens with zero attached hydrogens (tertiary/aromatic N) is 4. The van der Waals surface area contributed by atoms with E-state index in [1.54, 1.807) is 13.0 Å². The molecule has 21 heavy (non-hydrogen) atoms. The van der Waals surface area contributed by atoms with Crippen LogP contribution in [0.3, 0.4) is 0 Å². The number of hydrogen-bond acceptors (Lipinski definition) is 6. The Morgan fingerprint density at radius 1 is 1.43 bits per heavy atom. The van der Waals surface area contributed by atoms with Crippen molar-refractivity contribution >= 4 is 5.69 Å². The minimum absolute atomic E-state index is 0.147. The summed E-state index contributed by atoms with van der Waals surface area (Å²) in [7, 11) is 0. The number of tetrazole rings is 1. The molecule has 0 radical (unpaired) electrons. The lowest BCUT2D eigenvalue weighted by atomic mass is 10.1. The van der Waals surface area contributed by atoms with Crippen molar-refractivity contribution < 1.29 is 13.9 Å². The van der Waals surface area contributed by atoms with Crippen molar-refractivity contribution in [3.05, 3.63) is 23.5 Å². The first-order valence-corrected chi connectivity index (χ1v) is 6.66. The van der Waals surface area contributed by atoms with Crippen molar-refractivity contribution in [3.63, 3.8) is 0 Å². The van der Waals surface area contributed by atoms with Gasteiger partial charge >= 0.3 is 0 Å². The van der Waals surface area contributed by atoms with Crippen molar-refractivity contribution in [1.82, 2.24) is 20.2 Å². The van der Waals surface area contributed by atoms with E-state index in [1.165, 1.54) is 10.7 Å². The van der Waals surface area contributed by atoms with E-state index in [0.717, 1.165) is 0 Å². The third-order valence-electron chi connectivity index (χ3n) is 3.31. The number of rotatable bonds is 3. The van der Waals surface area contributed by atoms with Gasteiger partial charge in [0.15, 0.2) is 5.82 Å². The van der Waals surface area contributed by atoms with Gasteiger partial charge in [-0.15, -0.1) is 5.10 Å². The van der Waals surface area contributed by atoms with Crippen LogP contribution in [0.15, 0.2) is 12.1 Å². The molecule has 2 N–H and O–H groups in total. The summed E-state index contributed by atoms with van der Waals surface area (Å²) in [5.74, 6) is -0.0434. The van der Waals surface area contributed by atoms with Crippen molar-refractivity contribution in [2.75, 3.05) is 25.6 Å². The fraction of sp³-hybridized carbons (Fsp3) is 0.462. The second-order valence-electron chi connectivity index (χ2n) is 4.95. The number of aromatic nitrogens is 4. The monoisotopic (exact) mass is 293 g/mol. The van der Waals surface area contributed by atoms with Gasteiger partial charge in [-0.25, -0.2) is 9.07 Å². The first-order chi connectivity index (χ1) is 10.1. The molecule has 8 heteroatoms. The third-order valence-corrected chi connectivity index (χ3v) is 3.31. The van der Waals surface area contributed by atoms with Crippen LogP contribution < -0.4 is 5.73 Å². The van der Waals surface area contributed by atoms with E-state index >= 15 is 0 Å². The number of halogens is 1. The third kappa shape index (κ3) is 2.86. The molecule has 1 aliphatic rings. The lowest BCUT2D eigenvalue weighted by Crippen LogP contribution is -2.32. The van der Waals surface area contributed by atoms with Crippen LogP contribution in [-0.4, -0.2) is 46.1 Å². The zero-order chi connectivity index (χ0) is 14.8. The fourth-order valence-electron chi connectivity index (χ4n) is 2.32. The summed E-state index contributed by atoms with van der Waals surface area (Å²) in [6.07, 6.45) is -0.147.